The van der Waals surface area contributed by atoms with Gasteiger partial charge in [0.05, 0.1) is 26.9 Å². The number of nitrogens with zero attached hydrogens (tertiary/aromatic N) is 1. The maximum Gasteiger partial charge on any atom is 0.204 e. The van der Waals surface area contributed by atoms with Crippen molar-refractivity contribution in [1.29, 1.82) is 0 Å². The van der Waals surface area contributed by atoms with Crippen molar-refractivity contribution >= 4 is 12.2 Å². The molecule has 1 heterocycles. The Bertz CT molecular complexity index is 912. The maximum absolute atomic E-state index is 11.4. The number of hydrogen-bond acceptors (Lipinski definition) is 7. The van der Waals surface area contributed by atoms with Crippen molar-refractivity contribution in [2.24, 2.45) is 11.7 Å². The van der Waals surface area contributed by atoms with Crippen molar-refractivity contribution < 1.29 is 28.9 Å². The molecule has 2 atom stereocenters. The summed E-state index contributed by atoms with van der Waals surface area (Å²) in [7, 11) is 3.22. The van der Waals surface area contributed by atoms with Crippen LogP contribution in [0.25, 0.3) is 0 Å². The monoisotopic (exact) mass is 486 g/mol. The molecule has 3 N–H and O–H groups in total. The first-order valence-corrected chi connectivity index (χ1v) is 11.9. The Hall–Kier alpha value is -3.10. The van der Waals surface area contributed by atoms with E-state index in [9.17, 15) is 9.90 Å². The second-order valence-corrected chi connectivity index (χ2v) is 8.53. The largest absolute Gasteiger partial charge is 0.494 e. The minimum Gasteiger partial charge on any atom is -0.494 e. The lowest BCUT2D eigenvalue weighted by atomic mass is 9.91. The molecular formula is C27H38N2O6. The van der Waals surface area contributed by atoms with E-state index in [0.29, 0.717) is 23.7 Å². The summed E-state index contributed by atoms with van der Waals surface area (Å²) in [6, 6.07) is 12.9. The zero-order chi connectivity index (χ0) is 25.6. The fraction of sp³-hybridized carbons (Fsp3) is 0.481. The summed E-state index contributed by atoms with van der Waals surface area (Å²) in [6.07, 6.45) is 3.77. The van der Waals surface area contributed by atoms with E-state index in [-0.39, 0.29) is 18.1 Å². The summed E-state index contributed by atoms with van der Waals surface area (Å²) in [5.74, 6) is 2.18. The molecule has 2 unspecified atom stereocenters. The second-order valence-electron chi connectivity index (χ2n) is 8.53. The smallest absolute Gasteiger partial charge is 0.204 e. The van der Waals surface area contributed by atoms with Gasteiger partial charge < -0.3 is 30.0 Å². The van der Waals surface area contributed by atoms with Gasteiger partial charge in [0.2, 0.25) is 6.41 Å². The standard InChI is InChI=1S/C26H35NO5.CH3NO/c1-19(28)20-8-11-23(12-9-20)32-16-6-7-22(18-27-14-4-5-15-27)26(29)21-10-13-24(30-2)25(17-21)31-3;2-1-3/h8-13,17,22,26,29H,4-7,14-16,18H2,1-3H3;1H,(H2,2,3). The lowest BCUT2D eigenvalue weighted by Gasteiger charge is -2.28. The SMILES string of the molecule is COc1ccc(C(O)C(CCCOc2ccc(C(C)=O)cc2)CN2CCCC2)cc1OC.NC=O. The average Bonchev–Trinajstić information content (AvgIpc) is 3.39. The molecule has 1 saturated heterocycles. The van der Waals surface area contributed by atoms with Crippen LogP contribution >= 0.6 is 0 Å². The Morgan fingerprint density at radius 3 is 2.29 bits per heavy atom. The lowest BCUT2D eigenvalue weighted by Crippen LogP contribution is -2.30. The van der Waals surface area contributed by atoms with Gasteiger partial charge in [0, 0.05) is 18.0 Å². The summed E-state index contributed by atoms with van der Waals surface area (Å²) in [5, 5.41) is 11.2. The summed E-state index contributed by atoms with van der Waals surface area (Å²) >= 11 is 0. The number of Topliss-reactive ketones (excluding diaryl/α,β-unsaturated/α-hetero) is 1. The zero-order valence-electron chi connectivity index (χ0n) is 20.9. The fourth-order valence-electron chi connectivity index (χ4n) is 4.28. The van der Waals surface area contributed by atoms with Crippen molar-refractivity contribution in [3.63, 3.8) is 0 Å². The molecule has 0 aliphatic carbocycles. The van der Waals surface area contributed by atoms with Gasteiger partial charge >= 0.3 is 0 Å². The highest BCUT2D eigenvalue weighted by Crippen LogP contribution is 2.34. The van der Waals surface area contributed by atoms with Crippen molar-refractivity contribution in [2.45, 2.75) is 38.7 Å². The first-order chi connectivity index (χ1) is 16.9. The molecule has 0 aromatic heterocycles. The number of amides is 1. The van der Waals surface area contributed by atoms with Crippen LogP contribution in [0.1, 0.15) is 54.6 Å². The van der Waals surface area contributed by atoms with Crippen molar-refractivity contribution in [1.82, 2.24) is 4.90 Å². The molecule has 0 saturated carbocycles. The van der Waals surface area contributed by atoms with Crippen molar-refractivity contribution in [3.8, 4) is 17.2 Å². The number of rotatable bonds is 12. The van der Waals surface area contributed by atoms with Gasteiger partial charge in [-0.1, -0.05) is 6.07 Å². The van der Waals surface area contributed by atoms with Crippen molar-refractivity contribution in [2.75, 3.05) is 40.5 Å². The number of primary amides is 1. The van der Waals surface area contributed by atoms with Crippen LogP contribution in [0, 0.1) is 5.92 Å². The molecule has 0 radical (unpaired) electrons. The van der Waals surface area contributed by atoms with Gasteiger partial charge in [-0.3, -0.25) is 9.59 Å². The molecule has 2 aromatic rings. The maximum atomic E-state index is 11.4. The number of nitrogens with two attached hydrogens (primary N) is 1. The molecule has 2 aromatic carbocycles. The van der Waals surface area contributed by atoms with E-state index in [2.05, 4.69) is 10.6 Å². The summed E-state index contributed by atoms with van der Waals surface area (Å²) in [5.41, 5.74) is 5.69. The highest BCUT2D eigenvalue weighted by Gasteiger charge is 2.25. The van der Waals surface area contributed by atoms with Crippen LogP contribution in [-0.2, 0) is 4.79 Å². The predicted octanol–water partition coefficient (Wildman–Crippen LogP) is 3.61. The van der Waals surface area contributed by atoms with Crippen LogP contribution in [0.4, 0.5) is 0 Å². The van der Waals surface area contributed by atoms with E-state index in [4.69, 9.17) is 19.0 Å². The molecule has 192 valence electrons. The first-order valence-electron chi connectivity index (χ1n) is 11.9. The molecule has 1 fully saturated rings. The minimum atomic E-state index is -0.592. The summed E-state index contributed by atoms with van der Waals surface area (Å²) in [6.45, 7) is 5.17. The number of ketones is 1. The van der Waals surface area contributed by atoms with Gasteiger partial charge in [0.15, 0.2) is 17.3 Å². The highest BCUT2D eigenvalue weighted by atomic mass is 16.5. The molecule has 8 nitrogen and oxygen atoms in total. The van der Waals surface area contributed by atoms with E-state index in [1.165, 1.54) is 12.8 Å². The fourth-order valence-corrected chi connectivity index (χ4v) is 4.28. The number of ether oxygens (including phenoxy) is 3. The first kappa shape index (κ1) is 28.1. The zero-order valence-corrected chi connectivity index (χ0v) is 20.9. The average molecular weight is 487 g/mol. The van der Waals surface area contributed by atoms with Crippen LogP contribution in [0.15, 0.2) is 42.5 Å². The van der Waals surface area contributed by atoms with Crippen LogP contribution in [0.3, 0.4) is 0 Å². The number of aliphatic hydroxyl groups excluding tert-OH is 1. The van der Waals surface area contributed by atoms with Gasteiger partial charge in [-0.2, -0.15) is 0 Å². The van der Waals surface area contributed by atoms with Gasteiger partial charge in [-0.05, 0) is 87.7 Å². The van der Waals surface area contributed by atoms with E-state index >= 15 is 0 Å². The Kier molecular flexibility index (Phi) is 12.1. The van der Waals surface area contributed by atoms with Crippen LogP contribution in [-0.4, -0.2) is 62.7 Å². The Morgan fingerprint density at radius 1 is 1.09 bits per heavy atom. The second kappa shape index (κ2) is 15.0. The van der Waals surface area contributed by atoms with Crippen LogP contribution in [0.5, 0.6) is 17.2 Å². The molecule has 1 aliphatic rings. The normalized spacial score (nSPS) is 14.9. The van der Waals surface area contributed by atoms with Crippen LogP contribution in [0.2, 0.25) is 0 Å². The molecular weight excluding hydrogens is 448 g/mol. The number of likely N-dealkylation sites (tertiary alicyclic amines) is 1. The molecule has 0 bridgehead atoms. The number of benzene rings is 2. The van der Waals surface area contributed by atoms with Crippen molar-refractivity contribution in [3.05, 3.63) is 53.6 Å². The molecule has 3 rings (SSSR count). The van der Waals surface area contributed by atoms with E-state index < -0.39 is 6.10 Å². The Morgan fingerprint density at radius 2 is 1.71 bits per heavy atom. The van der Waals surface area contributed by atoms with E-state index in [1.54, 1.807) is 33.3 Å². The van der Waals surface area contributed by atoms with E-state index in [1.807, 2.05) is 30.3 Å². The van der Waals surface area contributed by atoms with Crippen LogP contribution < -0.4 is 19.9 Å². The minimum absolute atomic E-state index is 0.0467. The topological polar surface area (TPSA) is 111 Å². The number of aliphatic hydroxyl groups is 1. The van der Waals surface area contributed by atoms with E-state index in [0.717, 1.165) is 43.8 Å². The summed E-state index contributed by atoms with van der Waals surface area (Å²) in [4.78, 5) is 22.4. The highest BCUT2D eigenvalue weighted by molar-refractivity contribution is 5.94. The number of methoxy groups -OCH3 is 2. The molecule has 35 heavy (non-hydrogen) atoms. The molecule has 0 spiro atoms. The number of hydrogen-bond donors (Lipinski definition) is 2. The molecule has 1 amide bonds. The molecule has 8 heteroatoms. The van der Waals surface area contributed by atoms with Gasteiger partial charge in [0.1, 0.15) is 5.75 Å². The predicted molar refractivity (Wildman–Crippen MR) is 135 cm³/mol. The third-order valence-electron chi connectivity index (χ3n) is 6.14. The quantitative estimate of drug-likeness (QED) is 0.268. The van der Waals surface area contributed by atoms with Gasteiger partial charge in [-0.15, -0.1) is 0 Å². The third-order valence-corrected chi connectivity index (χ3v) is 6.14. The number of carbonyl (C=O) groups excluding carboxylic acids is 2. The summed E-state index contributed by atoms with van der Waals surface area (Å²) < 4.78 is 16.6. The molecule has 1 aliphatic heterocycles. The number of carbonyl (C=O) groups is 2. The van der Waals surface area contributed by atoms with Gasteiger partial charge in [0.25, 0.3) is 0 Å². The van der Waals surface area contributed by atoms with Gasteiger partial charge in [-0.25, -0.2) is 0 Å². The lowest BCUT2D eigenvalue weighted by molar-refractivity contribution is -0.106. The Balaban J connectivity index is 0.00000137. The Labute approximate surface area is 208 Å². The third kappa shape index (κ3) is 8.88.